The molecule has 1 aromatic heterocycles. The van der Waals surface area contributed by atoms with Crippen molar-refractivity contribution in [1.29, 1.82) is 0 Å². The number of hydrogen-bond donors (Lipinski definition) is 1. The molecule has 0 spiro atoms. The van der Waals surface area contributed by atoms with Crippen LogP contribution in [0.2, 0.25) is 0 Å². The molecule has 4 nitrogen and oxygen atoms in total. The number of anilines is 1. The second-order valence-electron chi connectivity index (χ2n) is 2.91. The first-order valence-electron chi connectivity index (χ1n) is 4.61. The highest BCUT2D eigenvalue weighted by Gasteiger charge is 2.06. The highest BCUT2D eigenvalue weighted by Crippen LogP contribution is 2.14. The van der Waals surface area contributed by atoms with E-state index in [-0.39, 0.29) is 6.61 Å². The van der Waals surface area contributed by atoms with Gasteiger partial charge in [-0.3, -0.25) is 0 Å². The summed E-state index contributed by atoms with van der Waals surface area (Å²) in [6, 6.07) is 1.85. The van der Waals surface area contributed by atoms with Crippen molar-refractivity contribution in [2.24, 2.45) is 0 Å². The summed E-state index contributed by atoms with van der Waals surface area (Å²) in [5.74, 6) is 0.850. The summed E-state index contributed by atoms with van der Waals surface area (Å²) in [5.41, 5.74) is 0. The van der Waals surface area contributed by atoms with Gasteiger partial charge in [-0.05, 0) is 22.4 Å². The number of rotatable bonds is 5. The summed E-state index contributed by atoms with van der Waals surface area (Å²) in [7, 11) is 0. The van der Waals surface area contributed by atoms with Crippen LogP contribution in [0.4, 0.5) is 5.82 Å². The molecule has 0 aliphatic carbocycles. The van der Waals surface area contributed by atoms with E-state index in [1.807, 2.05) is 11.0 Å². The Kier molecular flexibility index (Phi) is 4.82. The zero-order valence-electron chi connectivity index (χ0n) is 8.15. The van der Waals surface area contributed by atoms with Crippen LogP contribution in [0.1, 0.15) is 13.3 Å². The first-order chi connectivity index (χ1) is 6.77. The number of aliphatic hydroxyl groups is 1. The van der Waals surface area contributed by atoms with E-state index in [9.17, 15) is 0 Å². The van der Waals surface area contributed by atoms with E-state index in [0.29, 0.717) is 6.54 Å². The van der Waals surface area contributed by atoms with Crippen LogP contribution in [0.15, 0.2) is 17.0 Å². The van der Waals surface area contributed by atoms with E-state index in [2.05, 4.69) is 32.8 Å². The van der Waals surface area contributed by atoms with Crippen molar-refractivity contribution in [3.05, 3.63) is 17.0 Å². The Morgan fingerprint density at radius 3 is 2.79 bits per heavy atom. The Morgan fingerprint density at radius 2 is 2.21 bits per heavy atom. The second-order valence-corrected chi connectivity index (χ2v) is 3.72. The molecular formula is C9H14BrN3O. The molecule has 0 radical (unpaired) electrons. The average molecular weight is 260 g/mol. The molecule has 0 amide bonds. The molecule has 1 heterocycles. The SMILES string of the molecule is CCCN(CCO)c1cc(Br)ncn1. The minimum Gasteiger partial charge on any atom is -0.395 e. The van der Waals surface area contributed by atoms with Crippen molar-refractivity contribution in [2.45, 2.75) is 13.3 Å². The van der Waals surface area contributed by atoms with Crippen molar-refractivity contribution in [1.82, 2.24) is 9.97 Å². The number of halogens is 1. The Hall–Kier alpha value is -0.680. The van der Waals surface area contributed by atoms with E-state index in [1.54, 1.807) is 0 Å². The number of hydrogen-bond acceptors (Lipinski definition) is 4. The number of aliphatic hydroxyl groups excluding tert-OH is 1. The summed E-state index contributed by atoms with van der Waals surface area (Å²) in [6.07, 6.45) is 2.54. The summed E-state index contributed by atoms with van der Waals surface area (Å²) >= 11 is 3.29. The van der Waals surface area contributed by atoms with Crippen LogP contribution in [0.25, 0.3) is 0 Å². The van der Waals surface area contributed by atoms with Gasteiger partial charge in [0.15, 0.2) is 0 Å². The van der Waals surface area contributed by atoms with Gasteiger partial charge in [-0.25, -0.2) is 9.97 Å². The van der Waals surface area contributed by atoms with Gasteiger partial charge in [0.2, 0.25) is 0 Å². The smallest absolute Gasteiger partial charge is 0.133 e. The fourth-order valence-corrected chi connectivity index (χ4v) is 1.53. The highest BCUT2D eigenvalue weighted by molar-refractivity contribution is 9.10. The van der Waals surface area contributed by atoms with Crippen LogP contribution in [0, 0.1) is 0 Å². The van der Waals surface area contributed by atoms with Crippen LogP contribution in [-0.4, -0.2) is 34.8 Å². The van der Waals surface area contributed by atoms with Gasteiger partial charge in [0.1, 0.15) is 16.7 Å². The fraction of sp³-hybridized carbons (Fsp3) is 0.556. The van der Waals surface area contributed by atoms with E-state index in [1.165, 1.54) is 6.33 Å². The second kappa shape index (κ2) is 5.93. The predicted octanol–water partition coefficient (Wildman–Crippen LogP) is 1.45. The third-order valence-electron chi connectivity index (χ3n) is 1.81. The van der Waals surface area contributed by atoms with E-state index >= 15 is 0 Å². The molecule has 5 heteroatoms. The molecular weight excluding hydrogens is 246 g/mol. The van der Waals surface area contributed by atoms with Crippen molar-refractivity contribution in [3.8, 4) is 0 Å². The molecule has 0 atom stereocenters. The van der Waals surface area contributed by atoms with Gasteiger partial charge in [0.05, 0.1) is 6.61 Å². The van der Waals surface area contributed by atoms with Gasteiger partial charge in [0.25, 0.3) is 0 Å². The Balaban J connectivity index is 2.75. The third kappa shape index (κ3) is 3.23. The first kappa shape index (κ1) is 11.4. The molecule has 1 aromatic rings. The Morgan fingerprint density at radius 1 is 1.43 bits per heavy atom. The van der Waals surface area contributed by atoms with Crippen molar-refractivity contribution in [3.63, 3.8) is 0 Å². The number of nitrogens with zero attached hydrogens (tertiary/aromatic N) is 3. The van der Waals surface area contributed by atoms with Crippen LogP contribution in [0.5, 0.6) is 0 Å². The molecule has 0 bridgehead atoms. The highest BCUT2D eigenvalue weighted by atomic mass is 79.9. The minimum atomic E-state index is 0.140. The molecule has 78 valence electrons. The van der Waals surface area contributed by atoms with Crippen molar-refractivity contribution < 1.29 is 5.11 Å². The summed E-state index contributed by atoms with van der Waals surface area (Å²) in [5, 5.41) is 8.90. The maximum absolute atomic E-state index is 8.90. The Bertz CT molecular complexity index is 277. The summed E-state index contributed by atoms with van der Waals surface area (Å²) in [6.45, 7) is 3.74. The zero-order chi connectivity index (χ0) is 10.4. The minimum absolute atomic E-state index is 0.140. The van der Waals surface area contributed by atoms with Gasteiger partial charge in [0, 0.05) is 19.2 Å². The van der Waals surface area contributed by atoms with Gasteiger partial charge in [-0.2, -0.15) is 0 Å². The summed E-state index contributed by atoms with van der Waals surface area (Å²) < 4.78 is 0.765. The largest absolute Gasteiger partial charge is 0.395 e. The average Bonchev–Trinajstić information content (AvgIpc) is 2.17. The van der Waals surface area contributed by atoms with E-state index < -0.39 is 0 Å². The van der Waals surface area contributed by atoms with Gasteiger partial charge in [-0.1, -0.05) is 6.92 Å². The van der Waals surface area contributed by atoms with Crippen LogP contribution < -0.4 is 4.90 Å². The lowest BCUT2D eigenvalue weighted by molar-refractivity contribution is 0.301. The van der Waals surface area contributed by atoms with Gasteiger partial charge >= 0.3 is 0 Å². The van der Waals surface area contributed by atoms with Gasteiger partial charge < -0.3 is 10.0 Å². The molecule has 0 saturated heterocycles. The van der Waals surface area contributed by atoms with E-state index in [4.69, 9.17) is 5.11 Å². The molecule has 0 saturated carbocycles. The predicted molar refractivity (Wildman–Crippen MR) is 59.3 cm³/mol. The third-order valence-corrected chi connectivity index (χ3v) is 2.24. The lowest BCUT2D eigenvalue weighted by Gasteiger charge is -2.21. The fourth-order valence-electron chi connectivity index (χ4n) is 1.23. The van der Waals surface area contributed by atoms with Crippen LogP contribution in [0.3, 0.4) is 0 Å². The quantitative estimate of drug-likeness (QED) is 0.814. The van der Waals surface area contributed by atoms with Crippen molar-refractivity contribution >= 4 is 21.7 Å². The van der Waals surface area contributed by atoms with Crippen LogP contribution >= 0.6 is 15.9 Å². The molecule has 0 unspecified atom stereocenters. The summed E-state index contributed by atoms with van der Waals surface area (Å²) in [4.78, 5) is 10.1. The molecule has 0 fully saturated rings. The molecule has 14 heavy (non-hydrogen) atoms. The first-order valence-corrected chi connectivity index (χ1v) is 5.40. The Labute approximate surface area is 92.1 Å². The zero-order valence-corrected chi connectivity index (χ0v) is 9.74. The molecule has 0 aliphatic rings. The lowest BCUT2D eigenvalue weighted by atomic mass is 10.4. The maximum atomic E-state index is 8.90. The van der Waals surface area contributed by atoms with Crippen molar-refractivity contribution in [2.75, 3.05) is 24.6 Å². The molecule has 0 aromatic carbocycles. The number of aromatic nitrogens is 2. The lowest BCUT2D eigenvalue weighted by Crippen LogP contribution is -2.28. The molecule has 1 rings (SSSR count). The maximum Gasteiger partial charge on any atom is 0.133 e. The van der Waals surface area contributed by atoms with Crippen LogP contribution in [-0.2, 0) is 0 Å². The molecule has 1 N–H and O–H groups in total. The van der Waals surface area contributed by atoms with Gasteiger partial charge in [-0.15, -0.1) is 0 Å². The van der Waals surface area contributed by atoms with E-state index in [0.717, 1.165) is 23.4 Å². The standard InChI is InChI=1S/C9H14BrN3O/c1-2-3-13(4-5-14)9-6-8(10)11-7-12-9/h6-7,14H,2-5H2,1H3. The molecule has 0 aliphatic heterocycles. The normalized spacial score (nSPS) is 10.2. The monoisotopic (exact) mass is 259 g/mol. The topological polar surface area (TPSA) is 49.2 Å².